The third-order valence-corrected chi connectivity index (χ3v) is 1.26. The molecule has 5 nitrogen and oxygen atoms in total. The highest BCUT2D eigenvalue weighted by Gasteiger charge is 2.14. The molecule has 0 aliphatic carbocycles. The zero-order chi connectivity index (χ0) is 9.07. The number of halogens is 1. The van der Waals surface area contributed by atoms with Crippen molar-refractivity contribution in [3.63, 3.8) is 0 Å². The summed E-state index contributed by atoms with van der Waals surface area (Å²) in [5.74, 6) is -0.949. The number of carbonyl (C=O) groups is 1. The third kappa shape index (κ3) is 7.57. The molecule has 0 saturated carbocycles. The average Bonchev–Trinajstić information content (AvgIpc) is 1.53. The minimum Gasteiger partial charge on any atom is -0.334 e. The van der Waals surface area contributed by atoms with Gasteiger partial charge >= 0.3 is 15.3 Å². The maximum absolute atomic E-state index is 10.5. The second-order valence-electron chi connectivity index (χ2n) is 2.03. The topological polar surface area (TPSA) is 86.5 Å². The fourth-order valence-corrected chi connectivity index (χ4v) is 0.909. The minimum atomic E-state index is -4.20. The van der Waals surface area contributed by atoms with Gasteiger partial charge in [0.2, 0.25) is 0 Å². The van der Waals surface area contributed by atoms with E-state index in [2.05, 4.69) is 14.9 Å². The molecular weight excluding hydrogens is 194 g/mol. The molecule has 0 heterocycles. The van der Waals surface area contributed by atoms with Crippen LogP contribution in [0.1, 0.15) is 13.3 Å². The summed E-state index contributed by atoms with van der Waals surface area (Å²) in [4.78, 5) is 10.5. The molecule has 0 spiro atoms. The van der Waals surface area contributed by atoms with Gasteiger partial charge in [0.25, 0.3) is 0 Å². The van der Waals surface area contributed by atoms with Crippen LogP contribution < -0.4 is 5.73 Å². The van der Waals surface area contributed by atoms with Gasteiger partial charge in [-0.3, -0.25) is 4.79 Å². The van der Waals surface area contributed by atoms with Crippen LogP contribution in [0.15, 0.2) is 0 Å². The van der Waals surface area contributed by atoms with Crippen molar-refractivity contribution in [2.75, 3.05) is 0 Å². The van der Waals surface area contributed by atoms with E-state index in [1.807, 2.05) is 0 Å². The molecule has 66 valence electrons. The van der Waals surface area contributed by atoms with Crippen LogP contribution in [0.2, 0.25) is 0 Å². The molecule has 0 bridgehead atoms. The summed E-state index contributed by atoms with van der Waals surface area (Å²) in [6.45, 7) is 1.54. The highest BCUT2D eigenvalue weighted by molar-refractivity contribution is 8.10. The predicted molar refractivity (Wildman–Crippen MR) is 39.1 cm³/mol. The molecule has 7 heteroatoms. The first-order chi connectivity index (χ1) is 4.81. The first-order valence-electron chi connectivity index (χ1n) is 2.74. The van der Waals surface area contributed by atoms with Gasteiger partial charge in [-0.15, -0.1) is 0 Å². The predicted octanol–water partition coefficient (Wildman–Crippen LogP) is -0.249. The molecule has 11 heavy (non-hydrogen) atoms. The Morgan fingerprint density at radius 3 is 2.45 bits per heavy atom. The smallest absolute Gasteiger partial charge is 0.334 e. The van der Waals surface area contributed by atoms with Crippen molar-refractivity contribution < 1.29 is 17.4 Å². The van der Waals surface area contributed by atoms with E-state index < -0.39 is 21.3 Å². The van der Waals surface area contributed by atoms with Crippen LogP contribution in [0.5, 0.6) is 0 Å². The van der Waals surface area contributed by atoms with E-state index in [-0.39, 0.29) is 6.42 Å². The van der Waals surface area contributed by atoms with Crippen LogP contribution in [0.4, 0.5) is 0 Å². The van der Waals surface area contributed by atoms with Gasteiger partial charge in [-0.05, 0) is 6.92 Å². The molecule has 0 aromatic carbocycles. The fourth-order valence-electron chi connectivity index (χ4n) is 0.408. The molecule has 0 aliphatic heterocycles. The van der Waals surface area contributed by atoms with Gasteiger partial charge in [0.15, 0.2) is 0 Å². The molecule has 0 aromatic heterocycles. The number of hydrogen-bond donors (Lipinski definition) is 1. The molecule has 0 radical (unpaired) electrons. The maximum Gasteiger partial charge on any atom is 0.403 e. The van der Waals surface area contributed by atoms with Crippen molar-refractivity contribution in [2.45, 2.75) is 19.4 Å². The highest BCUT2D eigenvalue weighted by atomic mass is 35.7. The third-order valence-electron chi connectivity index (χ3n) is 0.681. The molecule has 0 saturated heterocycles. The van der Waals surface area contributed by atoms with Crippen LogP contribution >= 0.6 is 10.7 Å². The minimum absolute atomic E-state index is 0.175. The lowest BCUT2D eigenvalue weighted by Gasteiger charge is -2.01. The molecule has 0 fully saturated rings. The van der Waals surface area contributed by atoms with E-state index in [1.165, 1.54) is 0 Å². The second kappa shape index (κ2) is 3.89. The molecule has 0 rings (SSSR count). The summed E-state index contributed by atoms with van der Waals surface area (Å²) in [6.07, 6.45) is -0.175. The Balaban J connectivity index is 3.91. The van der Waals surface area contributed by atoms with Crippen LogP contribution in [-0.4, -0.2) is 20.4 Å². The van der Waals surface area contributed by atoms with Gasteiger partial charge in [-0.1, -0.05) is 0 Å². The zero-order valence-corrected chi connectivity index (χ0v) is 7.35. The number of carbonyl (C=O) groups excluding carboxylic acids is 1. The Kier molecular flexibility index (Phi) is 3.77. The fraction of sp³-hybridized carbons (Fsp3) is 0.750. The number of hydrogen-bond acceptors (Lipinski definition) is 5. The number of rotatable bonds is 3. The zero-order valence-electron chi connectivity index (χ0n) is 5.78. The van der Waals surface area contributed by atoms with E-state index in [0.717, 1.165) is 0 Å². The van der Waals surface area contributed by atoms with Crippen molar-refractivity contribution >= 4 is 26.0 Å². The summed E-state index contributed by atoms with van der Waals surface area (Å²) < 4.78 is 24.0. The summed E-state index contributed by atoms with van der Waals surface area (Å²) in [5, 5.41) is 0. The summed E-state index contributed by atoms with van der Waals surface area (Å²) >= 11 is 0. The first kappa shape index (κ1) is 10.7. The van der Waals surface area contributed by atoms with Gasteiger partial charge < -0.3 is 9.92 Å². The van der Waals surface area contributed by atoms with E-state index in [4.69, 9.17) is 5.73 Å². The monoisotopic (exact) mass is 201 g/mol. The van der Waals surface area contributed by atoms with E-state index in [9.17, 15) is 13.2 Å². The average molecular weight is 202 g/mol. The largest absolute Gasteiger partial charge is 0.403 e. The molecular formula is C4H8ClNO4S. The second-order valence-corrected chi connectivity index (χ2v) is 4.12. The lowest BCUT2D eigenvalue weighted by atomic mass is 10.3. The van der Waals surface area contributed by atoms with Crippen molar-refractivity contribution in [1.29, 1.82) is 0 Å². The van der Waals surface area contributed by atoms with Crippen molar-refractivity contribution in [3.05, 3.63) is 0 Å². The van der Waals surface area contributed by atoms with Crippen LogP contribution in [0.3, 0.4) is 0 Å². The van der Waals surface area contributed by atoms with Crippen LogP contribution in [-0.2, 0) is 18.3 Å². The van der Waals surface area contributed by atoms with Gasteiger partial charge in [-0.2, -0.15) is 8.42 Å². The highest BCUT2D eigenvalue weighted by Crippen LogP contribution is 2.01. The Morgan fingerprint density at radius 2 is 2.18 bits per heavy atom. The van der Waals surface area contributed by atoms with Gasteiger partial charge in [-0.25, -0.2) is 0 Å². The molecule has 1 unspecified atom stereocenters. The van der Waals surface area contributed by atoms with E-state index in [1.54, 1.807) is 6.92 Å². The van der Waals surface area contributed by atoms with Crippen molar-refractivity contribution in [1.82, 2.24) is 0 Å². The number of nitrogens with two attached hydrogens (primary N) is 1. The van der Waals surface area contributed by atoms with Crippen LogP contribution in [0, 0.1) is 0 Å². The lowest BCUT2D eigenvalue weighted by Crippen LogP contribution is -2.21. The molecule has 2 N–H and O–H groups in total. The van der Waals surface area contributed by atoms with Crippen LogP contribution in [0.25, 0.3) is 0 Å². The Morgan fingerprint density at radius 1 is 1.73 bits per heavy atom. The Bertz CT molecular complexity index is 234. The SMILES string of the molecule is CC(N)CC(=O)OS(=O)(=O)Cl. The van der Waals surface area contributed by atoms with Crippen molar-refractivity contribution in [2.24, 2.45) is 5.73 Å². The lowest BCUT2D eigenvalue weighted by molar-refractivity contribution is -0.133. The standard InChI is InChI=1S/C4H8ClNO4S/c1-3(6)2-4(7)10-11(5,8)9/h3H,2,6H2,1H3. The van der Waals surface area contributed by atoms with Gasteiger partial charge in [0.05, 0.1) is 17.1 Å². The van der Waals surface area contributed by atoms with Gasteiger partial charge in [0.1, 0.15) is 0 Å². The molecule has 0 aliphatic rings. The maximum atomic E-state index is 10.5. The Hall–Kier alpha value is -0.330. The Labute approximate surface area is 69.1 Å². The summed E-state index contributed by atoms with van der Waals surface area (Å²) in [7, 11) is 0.398. The quantitative estimate of drug-likeness (QED) is 0.637. The molecule has 1 atom stereocenters. The van der Waals surface area contributed by atoms with Crippen molar-refractivity contribution in [3.8, 4) is 0 Å². The molecule has 0 amide bonds. The van der Waals surface area contributed by atoms with Gasteiger partial charge in [0, 0.05) is 6.04 Å². The molecule has 0 aromatic rings. The first-order valence-corrected chi connectivity index (χ1v) is 4.97. The van der Waals surface area contributed by atoms with E-state index in [0.29, 0.717) is 0 Å². The summed E-state index contributed by atoms with van der Waals surface area (Å²) in [6, 6.07) is -0.444. The normalized spacial score (nSPS) is 14.1. The summed E-state index contributed by atoms with van der Waals surface area (Å²) in [5.41, 5.74) is 5.17. The van der Waals surface area contributed by atoms with E-state index >= 15 is 0 Å².